The lowest BCUT2D eigenvalue weighted by molar-refractivity contribution is 0.340. The van der Waals surface area contributed by atoms with E-state index in [4.69, 9.17) is 17.0 Å². The summed E-state index contributed by atoms with van der Waals surface area (Å²) in [5.74, 6) is 0.801. The topological polar surface area (TPSA) is 45.7 Å². The van der Waals surface area contributed by atoms with Gasteiger partial charge in [0.25, 0.3) is 0 Å². The van der Waals surface area contributed by atoms with Gasteiger partial charge in [-0.3, -0.25) is 5.43 Å². The van der Waals surface area contributed by atoms with Crippen LogP contribution in [0.4, 0.5) is 0 Å². The van der Waals surface area contributed by atoms with Crippen LogP contribution in [-0.4, -0.2) is 24.5 Å². The number of hydrogen-bond donors (Lipinski definition) is 2. The van der Waals surface area contributed by atoms with Crippen molar-refractivity contribution in [3.05, 3.63) is 42.5 Å². The summed E-state index contributed by atoms with van der Waals surface area (Å²) < 4.78 is 5.48. The number of nitrogens with zero attached hydrogens (tertiary/aromatic N) is 1. The van der Waals surface area contributed by atoms with Gasteiger partial charge in [0, 0.05) is 12.1 Å². The van der Waals surface area contributed by atoms with Crippen LogP contribution in [0.3, 0.4) is 0 Å². The monoisotopic (exact) mass is 263 g/mol. The quantitative estimate of drug-likeness (QED) is 0.357. The van der Waals surface area contributed by atoms with Crippen molar-refractivity contribution in [3.63, 3.8) is 0 Å². The molecule has 0 aliphatic rings. The molecule has 96 valence electrons. The van der Waals surface area contributed by atoms with E-state index >= 15 is 0 Å². The largest absolute Gasteiger partial charge is 0.493 e. The van der Waals surface area contributed by atoms with Gasteiger partial charge in [-0.05, 0) is 31.3 Å². The molecule has 18 heavy (non-hydrogen) atoms. The lowest BCUT2D eigenvalue weighted by atomic mass is 10.2. The summed E-state index contributed by atoms with van der Waals surface area (Å²) in [4.78, 5) is 0. The summed E-state index contributed by atoms with van der Waals surface area (Å²) in [6, 6.07) is 7.68. The van der Waals surface area contributed by atoms with Crippen molar-refractivity contribution >= 4 is 23.5 Å². The first-order valence-corrected chi connectivity index (χ1v) is 6.08. The zero-order valence-electron chi connectivity index (χ0n) is 10.3. The first-order chi connectivity index (χ1) is 8.77. The van der Waals surface area contributed by atoms with Crippen molar-refractivity contribution < 1.29 is 4.74 Å². The number of para-hydroxylation sites is 1. The Morgan fingerprint density at radius 3 is 3.00 bits per heavy atom. The maximum atomic E-state index is 5.48. The molecule has 0 spiro atoms. The maximum absolute atomic E-state index is 5.48. The minimum absolute atomic E-state index is 0.458. The Hall–Kier alpha value is -1.88. The van der Waals surface area contributed by atoms with Gasteiger partial charge < -0.3 is 10.1 Å². The third-order valence-corrected chi connectivity index (χ3v) is 2.23. The van der Waals surface area contributed by atoms with Crippen LogP contribution in [0.2, 0.25) is 0 Å². The third-order valence-electron chi connectivity index (χ3n) is 2.00. The predicted octanol–water partition coefficient (Wildman–Crippen LogP) is 2.07. The predicted molar refractivity (Wildman–Crippen MR) is 79.1 cm³/mol. The number of rotatable bonds is 6. The average molecular weight is 263 g/mol. The molecule has 0 fully saturated rings. The molecule has 0 aliphatic heterocycles. The fourth-order valence-electron chi connectivity index (χ4n) is 1.24. The summed E-state index contributed by atoms with van der Waals surface area (Å²) in [7, 11) is 0. The van der Waals surface area contributed by atoms with E-state index in [1.54, 1.807) is 12.3 Å². The van der Waals surface area contributed by atoms with Crippen LogP contribution in [0.15, 0.2) is 42.0 Å². The van der Waals surface area contributed by atoms with Crippen LogP contribution in [-0.2, 0) is 0 Å². The van der Waals surface area contributed by atoms with Gasteiger partial charge in [-0.2, -0.15) is 5.10 Å². The van der Waals surface area contributed by atoms with Crippen molar-refractivity contribution in [3.8, 4) is 5.75 Å². The summed E-state index contributed by atoms with van der Waals surface area (Å²) in [5.41, 5.74) is 3.62. The Morgan fingerprint density at radius 1 is 1.50 bits per heavy atom. The zero-order chi connectivity index (χ0) is 13.2. The highest BCUT2D eigenvalue weighted by Crippen LogP contribution is 2.15. The summed E-state index contributed by atoms with van der Waals surface area (Å²) in [6.45, 7) is 6.76. The van der Waals surface area contributed by atoms with Crippen LogP contribution in [0.25, 0.3) is 0 Å². The van der Waals surface area contributed by atoms with Gasteiger partial charge in [0.05, 0.1) is 12.8 Å². The summed E-state index contributed by atoms with van der Waals surface area (Å²) >= 11 is 5.00. The van der Waals surface area contributed by atoms with Crippen molar-refractivity contribution in [1.29, 1.82) is 0 Å². The Morgan fingerprint density at radius 2 is 2.28 bits per heavy atom. The van der Waals surface area contributed by atoms with Gasteiger partial charge in [-0.25, -0.2) is 0 Å². The molecular weight excluding hydrogens is 246 g/mol. The molecule has 1 aromatic rings. The third kappa shape index (κ3) is 4.97. The normalized spacial score (nSPS) is 10.1. The second kappa shape index (κ2) is 8.25. The first-order valence-electron chi connectivity index (χ1n) is 5.67. The maximum Gasteiger partial charge on any atom is 0.187 e. The van der Waals surface area contributed by atoms with Crippen LogP contribution in [0.5, 0.6) is 5.75 Å². The van der Waals surface area contributed by atoms with Crippen molar-refractivity contribution in [2.45, 2.75) is 6.92 Å². The number of benzene rings is 1. The van der Waals surface area contributed by atoms with E-state index in [-0.39, 0.29) is 0 Å². The van der Waals surface area contributed by atoms with Gasteiger partial charge in [-0.1, -0.05) is 18.2 Å². The van der Waals surface area contributed by atoms with Crippen molar-refractivity contribution in [2.75, 3.05) is 13.2 Å². The standard InChI is InChI=1S/C13H17N3OS/c1-3-9-14-13(18)16-15-10-11-7-5-6-8-12(11)17-4-2/h3,5-8,10H,1,4,9H2,2H3,(H2,14,16,18). The molecule has 0 radical (unpaired) electrons. The SMILES string of the molecule is C=CCNC(=S)NN=Cc1ccccc1OCC. The molecule has 0 heterocycles. The number of thiocarbonyl (C=S) groups is 1. The number of ether oxygens (including phenoxy) is 1. The molecule has 0 atom stereocenters. The van der Waals surface area contributed by atoms with Gasteiger partial charge >= 0.3 is 0 Å². The molecule has 1 aromatic carbocycles. The number of hydrogen-bond acceptors (Lipinski definition) is 3. The lowest BCUT2D eigenvalue weighted by Crippen LogP contribution is -2.31. The average Bonchev–Trinajstić information content (AvgIpc) is 2.38. The van der Waals surface area contributed by atoms with Crippen LogP contribution < -0.4 is 15.5 Å². The van der Waals surface area contributed by atoms with Crippen LogP contribution >= 0.6 is 12.2 Å². The fourth-order valence-corrected chi connectivity index (χ4v) is 1.38. The summed E-state index contributed by atoms with van der Waals surface area (Å²) in [6.07, 6.45) is 3.40. The first kappa shape index (κ1) is 14.2. The molecular formula is C13H17N3OS. The molecule has 1 rings (SSSR count). The molecule has 4 nitrogen and oxygen atoms in total. The van der Waals surface area contributed by atoms with E-state index in [1.807, 2.05) is 31.2 Å². The van der Waals surface area contributed by atoms with E-state index < -0.39 is 0 Å². The molecule has 0 saturated heterocycles. The molecule has 0 aliphatic carbocycles. The highest BCUT2D eigenvalue weighted by Gasteiger charge is 1.98. The zero-order valence-corrected chi connectivity index (χ0v) is 11.2. The molecule has 0 amide bonds. The van der Waals surface area contributed by atoms with Gasteiger partial charge in [0.15, 0.2) is 5.11 Å². The van der Waals surface area contributed by atoms with E-state index in [2.05, 4.69) is 22.4 Å². The highest BCUT2D eigenvalue weighted by molar-refractivity contribution is 7.80. The van der Waals surface area contributed by atoms with Crippen molar-refractivity contribution in [1.82, 2.24) is 10.7 Å². The van der Waals surface area contributed by atoms with E-state index in [0.29, 0.717) is 18.3 Å². The Labute approximate surface area is 113 Å². The molecule has 2 N–H and O–H groups in total. The minimum atomic E-state index is 0.458. The summed E-state index contributed by atoms with van der Waals surface area (Å²) in [5, 5.41) is 7.42. The van der Waals surface area contributed by atoms with Gasteiger partial charge in [-0.15, -0.1) is 6.58 Å². The second-order valence-electron chi connectivity index (χ2n) is 3.34. The molecule has 0 bridgehead atoms. The minimum Gasteiger partial charge on any atom is -0.493 e. The smallest absolute Gasteiger partial charge is 0.187 e. The van der Waals surface area contributed by atoms with E-state index in [1.165, 1.54) is 0 Å². The molecule has 5 heteroatoms. The second-order valence-corrected chi connectivity index (χ2v) is 3.75. The molecule has 0 saturated carbocycles. The Bertz CT molecular complexity index is 432. The van der Waals surface area contributed by atoms with Crippen LogP contribution in [0.1, 0.15) is 12.5 Å². The van der Waals surface area contributed by atoms with E-state index in [9.17, 15) is 0 Å². The molecule has 0 unspecified atom stereocenters. The number of hydrazone groups is 1. The Kier molecular flexibility index (Phi) is 6.50. The van der Waals surface area contributed by atoms with Crippen molar-refractivity contribution in [2.24, 2.45) is 5.10 Å². The fraction of sp³-hybridized carbons (Fsp3) is 0.231. The van der Waals surface area contributed by atoms with Gasteiger partial charge in [0.1, 0.15) is 5.75 Å². The number of nitrogens with one attached hydrogen (secondary N) is 2. The van der Waals surface area contributed by atoms with Gasteiger partial charge in [0.2, 0.25) is 0 Å². The van der Waals surface area contributed by atoms with Crippen LogP contribution in [0, 0.1) is 0 Å². The lowest BCUT2D eigenvalue weighted by Gasteiger charge is -2.06. The highest BCUT2D eigenvalue weighted by atomic mass is 32.1. The van der Waals surface area contributed by atoms with E-state index in [0.717, 1.165) is 11.3 Å². The molecule has 0 aromatic heterocycles. The Balaban J connectivity index is 2.55.